The molecule has 1 aromatic carbocycles. The number of carbonyl (C=O) groups excluding carboxylic acids is 1. The molecule has 1 heterocycles. The molecule has 0 radical (unpaired) electrons. The van der Waals surface area contributed by atoms with Crippen molar-refractivity contribution in [2.45, 2.75) is 57.2 Å². The van der Waals surface area contributed by atoms with Crippen LogP contribution in [0.25, 0.3) is 0 Å². The van der Waals surface area contributed by atoms with Crippen LogP contribution in [0.5, 0.6) is 5.75 Å². The maximum Gasteiger partial charge on any atom is 0.237 e. The first-order valence-corrected chi connectivity index (χ1v) is 8.67. The number of hydrogen-bond acceptors (Lipinski definition) is 3. The number of hydrogen-bond donors (Lipinski definition) is 2. The smallest absolute Gasteiger partial charge is 0.237 e. The predicted molar refractivity (Wildman–Crippen MR) is 86.7 cm³/mol. The summed E-state index contributed by atoms with van der Waals surface area (Å²) in [4.78, 5) is 12.4. The quantitative estimate of drug-likeness (QED) is 0.868. The molecule has 3 rings (SSSR count). The molecular weight excluding hydrogens is 314 g/mol. The maximum absolute atomic E-state index is 13.5. The lowest BCUT2D eigenvalue weighted by atomic mass is 9.85. The summed E-state index contributed by atoms with van der Waals surface area (Å²) in [5, 5.41) is 6.34. The molecule has 0 spiro atoms. The van der Waals surface area contributed by atoms with E-state index in [1.54, 1.807) is 6.92 Å². The van der Waals surface area contributed by atoms with Crippen molar-refractivity contribution >= 4 is 5.91 Å². The van der Waals surface area contributed by atoms with Gasteiger partial charge in [-0.05, 0) is 44.2 Å². The van der Waals surface area contributed by atoms with E-state index in [-0.39, 0.29) is 30.3 Å². The number of nitrogens with one attached hydrogen (secondary N) is 2. The van der Waals surface area contributed by atoms with Crippen LogP contribution in [0.2, 0.25) is 0 Å². The van der Waals surface area contributed by atoms with E-state index in [0.29, 0.717) is 12.0 Å². The Morgan fingerprint density at radius 1 is 1.38 bits per heavy atom. The zero-order valence-electron chi connectivity index (χ0n) is 13.9. The van der Waals surface area contributed by atoms with Gasteiger partial charge >= 0.3 is 0 Å². The Morgan fingerprint density at radius 2 is 2.17 bits per heavy atom. The van der Waals surface area contributed by atoms with Crippen molar-refractivity contribution < 1.29 is 18.3 Å². The van der Waals surface area contributed by atoms with Gasteiger partial charge < -0.3 is 15.4 Å². The van der Waals surface area contributed by atoms with Crippen molar-refractivity contribution in [1.82, 2.24) is 10.6 Å². The largest absolute Gasteiger partial charge is 0.488 e. The van der Waals surface area contributed by atoms with Gasteiger partial charge in [0.25, 0.3) is 0 Å². The van der Waals surface area contributed by atoms with Gasteiger partial charge in [-0.3, -0.25) is 4.79 Å². The molecule has 2 aliphatic rings. The summed E-state index contributed by atoms with van der Waals surface area (Å²) in [6.07, 6.45) is 5.72. The zero-order valence-corrected chi connectivity index (χ0v) is 13.9. The van der Waals surface area contributed by atoms with Gasteiger partial charge in [-0.25, -0.2) is 8.78 Å². The summed E-state index contributed by atoms with van der Waals surface area (Å²) in [5.41, 5.74) is 0. The molecule has 132 valence electrons. The Balaban J connectivity index is 1.46. The van der Waals surface area contributed by atoms with Gasteiger partial charge in [0.1, 0.15) is 12.4 Å². The van der Waals surface area contributed by atoms with Crippen LogP contribution in [0.1, 0.15) is 39.0 Å². The van der Waals surface area contributed by atoms with Crippen LogP contribution in [0.4, 0.5) is 8.78 Å². The van der Waals surface area contributed by atoms with Crippen LogP contribution in [0.3, 0.4) is 0 Å². The summed E-state index contributed by atoms with van der Waals surface area (Å²) in [5.74, 6) is -0.818. The second kappa shape index (κ2) is 7.47. The van der Waals surface area contributed by atoms with Gasteiger partial charge in [0.2, 0.25) is 5.91 Å². The Morgan fingerprint density at radius 3 is 2.92 bits per heavy atom. The Kier molecular flexibility index (Phi) is 5.33. The normalized spacial score (nSPS) is 27.4. The SMILES string of the molecule is CC(COc1ccc(F)cc1F)NC(=O)C1CC2CCCCC2N1. The molecule has 1 aliphatic heterocycles. The lowest BCUT2D eigenvalue weighted by molar-refractivity contribution is -0.123. The van der Waals surface area contributed by atoms with Crippen LogP contribution in [-0.2, 0) is 4.79 Å². The van der Waals surface area contributed by atoms with Gasteiger partial charge in [0, 0.05) is 12.1 Å². The summed E-state index contributed by atoms with van der Waals surface area (Å²) < 4.78 is 31.7. The summed E-state index contributed by atoms with van der Waals surface area (Å²) in [6.45, 7) is 1.94. The fraction of sp³-hybridized carbons (Fsp3) is 0.611. The fourth-order valence-electron chi connectivity index (χ4n) is 3.71. The van der Waals surface area contributed by atoms with Crippen LogP contribution in [0.15, 0.2) is 18.2 Å². The van der Waals surface area contributed by atoms with Crippen LogP contribution in [0, 0.1) is 17.6 Å². The number of fused-ring (bicyclic) bond motifs is 1. The second-order valence-corrected chi connectivity index (χ2v) is 6.90. The molecule has 4 unspecified atom stereocenters. The highest BCUT2D eigenvalue weighted by molar-refractivity contribution is 5.82. The highest BCUT2D eigenvalue weighted by Crippen LogP contribution is 2.33. The molecule has 1 amide bonds. The lowest BCUT2D eigenvalue weighted by Crippen LogP contribution is -2.47. The fourth-order valence-corrected chi connectivity index (χ4v) is 3.71. The number of ether oxygens (including phenoxy) is 1. The van der Waals surface area contributed by atoms with E-state index >= 15 is 0 Å². The van der Waals surface area contributed by atoms with E-state index in [2.05, 4.69) is 10.6 Å². The van der Waals surface area contributed by atoms with E-state index in [0.717, 1.165) is 25.0 Å². The molecule has 1 saturated heterocycles. The molecule has 0 bridgehead atoms. The molecule has 1 aliphatic carbocycles. The number of benzene rings is 1. The Labute approximate surface area is 141 Å². The van der Waals surface area contributed by atoms with Crippen LogP contribution in [-0.4, -0.2) is 30.6 Å². The summed E-state index contributed by atoms with van der Waals surface area (Å²) in [7, 11) is 0. The average Bonchev–Trinajstić information content (AvgIpc) is 2.98. The third-order valence-electron chi connectivity index (χ3n) is 4.95. The molecule has 2 fully saturated rings. The molecule has 4 nitrogen and oxygen atoms in total. The first-order chi connectivity index (χ1) is 11.5. The summed E-state index contributed by atoms with van der Waals surface area (Å²) in [6, 6.07) is 3.24. The molecule has 1 saturated carbocycles. The first kappa shape index (κ1) is 17.1. The minimum absolute atomic E-state index is 0.0116. The van der Waals surface area contributed by atoms with Crippen molar-refractivity contribution in [2.24, 2.45) is 5.92 Å². The molecule has 6 heteroatoms. The third-order valence-corrected chi connectivity index (χ3v) is 4.95. The van der Waals surface area contributed by atoms with E-state index in [1.165, 1.54) is 25.3 Å². The minimum Gasteiger partial charge on any atom is -0.488 e. The molecule has 0 aromatic heterocycles. The Hall–Kier alpha value is -1.69. The van der Waals surface area contributed by atoms with Gasteiger partial charge in [-0.15, -0.1) is 0 Å². The van der Waals surface area contributed by atoms with Crippen LogP contribution >= 0.6 is 0 Å². The van der Waals surface area contributed by atoms with E-state index in [9.17, 15) is 13.6 Å². The number of amides is 1. The van der Waals surface area contributed by atoms with Gasteiger partial charge in [0.05, 0.1) is 12.1 Å². The monoisotopic (exact) mass is 338 g/mol. The van der Waals surface area contributed by atoms with Crippen molar-refractivity contribution in [3.63, 3.8) is 0 Å². The molecular formula is C18H24F2N2O2. The van der Waals surface area contributed by atoms with Crippen LogP contribution < -0.4 is 15.4 Å². The van der Waals surface area contributed by atoms with E-state index in [1.807, 2.05) is 0 Å². The third kappa shape index (κ3) is 4.04. The molecule has 2 N–H and O–H groups in total. The molecule has 1 aromatic rings. The lowest BCUT2D eigenvalue weighted by Gasteiger charge is -2.24. The van der Waals surface area contributed by atoms with Crippen molar-refractivity contribution in [2.75, 3.05) is 6.61 Å². The highest BCUT2D eigenvalue weighted by atomic mass is 19.1. The summed E-state index contributed by atoms with van der Waals surface area (Å²) >= 11 is 0. The van der Waals surface area contributed by atoms with Crippen molar-refractivity contribution in [3.05, 3.63) is 29.8 Å². The zero-order chi connectivity index (χ0) is 17.1. The van der Waals surface area contributed by atoms with E-state index < -0.39 is 11.6 Å². The number of rotatable bonds is 5. The number of carbonyl (C=O) groups is 1. The van der Waals surface area contributed by atoms with E-state index in [4.69, 9.17) is 4.74 Å². The van der Waals surface area contributed by atoms with Gasteiger partial charge in [-0.1, -0.05) is 12.8 Å². The average molecular weight is 338 g/mol. The maximum atomic E-state index is 13.5. The van der Waals surface area contributed by atoms with Gasteiger partial charge in [0.15, 0.2) is 11.6 Å². The topological polar surface area (TPSA) is 50.4 Å². The minimum atomic E-state index is -0.741. The Bertz CT molecular complexity index is 582. The van der Waals surface area contributed by atoms with Crippen molar-refractivity contribution in [3.8, 4) is 5.75 Å². The van der Waals surface area contributed by atoms with Crippen molar-refractivity contribution in [1.29, 1.82) is 0 Å². The number of halogens is 2. The highest BCUT2D eigenvalue weighted by Gasteiger charge is 2.38. The standard InChI is InChI=1S/C18H24F2N2O2/c1-11(10-24-17-7-6-13(19)9-14(17)20)21-18(23)16-8-12-4-2-3-5-15(12)22-16/h6-7,9,11-12,15-16,22H,2-5,8,10H2,1H3,(H,21,23). The molecule has 4 atom stereocenters. The predicted octanol–water partition coefficient (Wildman–Crippen LogP) is 2.77. The second-order valence-electron chi connectivity index (χ2n) is 6.90. The molecule has 24 heavy (non-hydrogen) atoms. The van der Waals surface area contributed by atoms with Gasteiger partial charge in [-0.2, -0.15) is 0 Å². The first-order valence-electron chi connectivity index (χ1n) is 8.67.